The van der Waals surface area contributed by atoms with Crippen molar-refractivity contribution in [1.29, 1.82) is 0 Å². The fourth-order valence-corrected chi connectivity index (χ4v) is 5.41. The van der Waals surface area contributed by atoms with Gasteiger partial charge < -0.3 is 0 Å². The van der Waals surface area contributed by atoms with Crippen LogP contribution in [0.15, 0.2) is 101 Å². The highest BCUT2D eigenvalue weighted by Crippen LogP contribution is 2.64. The molecule has 0 aliphatic heterocycles. The molecule has 1 heteroatoms. The maximum absolute atomic E-state index is 13.6. The lowest BCUT2D eigenvalue weighted by Gasteiger charge is -2.34. The highest BCUT2D eigenvalue weighted by Gasteiger charge is 2.53. The number of halogens is 1. The van der Waals surface area contributed by atoms with Crippen molar-refractivity contribution in [2.24, 2.45) is 0 Å². The Bertz CT molecular complexity index is 1120. The third-order valence-corrected chi connectivity index (χ3v) is 6.20. The first-order valence-electron chi connectivity index (χ1n) is 9.49. The average molecular weight is 352 g/mol. The van der Waals surface area contributed by atoms with Gasteiger partial charge in [-0.1, -0.05) is 66.8 Å². The molecule has 2 aromatic rings. The Morgan fingerprint density at radius 1 is 1.00 bits per heavy atom. The number of aryl methyl sites for hydroxylation is 1. The van der Waals surface area contributed by atoms with Crippen molar-refractivity contribution in [2.75, 3.05) is 0 Å². The minimum atomic E-state index is -0.395. The van der Waals surface area contributed by atoms with Gasteiger partial charge in [-0.05, 0) is 76.5 Å². The molecule has 3 aliphatic carbocycles. The quantitative estimate of drug-likeness (QED) is 0.552. The zero-order valence-electron chi connectivity index (χ0n) is 15.6. The van der Waals surface area contributed by atoms with E-state index in [1.165, 1.54) is 39.0 Å². The van der Waals surface area contributed by atoms with Gasteiger partial charge in [0.25, 0.3) is 0 Å². The molecular weight excluding hydrogens is 331 g/mol. The summed E-state index contributed by atoms with van der Waals surface area (Å²) < 4.78 is 13.6. The first kappa shape index (κ1) is 16.3. The molecule has 1 spiro atoms. The van der Waals surface area contributed by atoms with Crippen LogP contribution in [0.1, 0.15) is 30.0 Å². The largest absolute Gasteiger partial charge is 0.216 e. The van der Waals surface area contributed by atoms with Gasteiger partial charge in [0.15, 0.2) is 0 Å². The Morgan fingerprint density at radius 3 is 2.63 bits per heavy atom. The van der Waals surface area contributed by atoms with Crippen LogP contribution in [0.3, 0.4) is 0 Å². The zero-order chi connectivity index (χ0) is 18.6. The summed E-state index contributed by atoms with van der Waals surface area (Å²) in [7, 11) is 0. The second-order valence-electron chi connectivity index (χ2n) is 7.41. The number of rotatable bonds is 2. The third kappa shape index (κ3) is 1.87. The molecule has 3 aliphatic rings. The van der Waals surface area contributed by atoms with Gasteiger partial charge in [0.2, 0.25) is 0 Å². The van der Waals surface area contributed by atoms with Crippen LogP contribution in [-0.4, -0.2) is 0 Å². The van der Waals surface area contributed by atoms with Gasteiger partial charge in [0.05, 0.1) is 11.7 Å². The second kappa shape index (κ2) is 5.79. The van der Waals surface area contributed by atoms with E-state index in [1.807, 2.05) is 6.92 Å². The van der Waals surface area contributed by atoms with Crippen LogP contribution < -0.4 is 0 Å². The average Bonchev–Trinajstić information content (AvgIpc) is 3.33. The molecular formula is C26H21F. The molecule has 1 atom stereocenters. The molecule has 0 radical (unpaired) electrons. The number of allylic oxidation sites excluding steroid dienone is 9. The van der Waals surface area contributed by atoms with E-state index < -0.39 is 5.41 Å². The lowest BCUT2D eigenvalue weighted by atomic mass is 9.67. The van der Waals surface area contributed by atoms with Gasteiger partial charge >= 0.3 is 0 Å². The highest BCUT2D eigenvalue weighted by molar-refractivity contribution is 5.91. The molecule has 132 valence electrons. The first-order valence-corrected chi connectivity index (χ1v) is 9.49. The van der Waals surface area contributed by atoms with Crippen molar-refractivity contribution in [3.63, 3.8) is 0 Å². The summed E-state index contributed by atoms with van der Waals surface area (Å²) >= 11 is 0. The number of hydrogen-bond donors (Lipinski definition) is 0. The maximum atomic E-state index is 13.6. The molecule has 1 unspecified atom stereocenters. The third-order valence-electron chi connectivity index (χ3n) is 6.20. The molecule has 2 aromatic carbocycles. The maximum Gasteiger partial charge on any atom is 0.0870 e. The molecule has 0 saturated heterocycles. The van der Waals surface area contributed by atoms with Crippen molar-refractivity contribution in [3.05, 3.63) is 118 Å². The van der Waals surface area contributed by atoms with E-state index in [2.05, 4.69) is 73.7 Å². The summed E-state index contributed by atoms with van der Waals surface area (Å²) in [4.78, 5) is 0. The summed E-state index contributed by atoms with van der Waals surface area (Å²) in [6.45, 7) is 4.20. The van der Waals surface area contributed by atoms with Crippen LogP contribution in [0.4, 0.5) is 4.39 Å². The highest BCUT2D eigenvalue weighted by atomic mass is 19.1. The van der Waals surface area contributed by atoms with E-state index in [4.69, 9.17) is 0 Å². The summed E-state index contributed by atoms with van der Waals surface area (Å²) in [6, 6.07) is 15.2. The normalized spacial score (nSPS) is 22.6. The van der Waals surface area contributed by atoms with Crippen molar-refractivity contribution in [1.82, 2.24) is 0 Å². The minimum Gasteiger partial charge on any atom is -0.216 e. The number of hydrogen-bond acceptors (Lipinski definition) is 0. The van der Waals surface area contributed by atoms with Crippen LogP contribution in [0.25, 0.3) is 11.1 Å². The van der Waals surface area contributed by atoms with Gasteiger partial charge in [-0.15, -0.1) is 0 Å². The van der Waals surface area contributed by atoms with Crippen molar-refractivity contribution in [3.8, 4) is 11.1 Å². The number of fused-ring (bicyclic) bond motifs is 6. The SMILES string of the molecule is C/C=C\C1=C(/C=C\F)C2(C3=C1C=CC3)c1ccccc1-c1cccc(C)c12. The van der Waals surface area contributed by atoms with Gasteiger partial charge in [-0.25, -0.2) is 4.39 Å². The lowest BCUT2D eigenvalue weighted by molar-refractivity contribution is 0.701. The predicted molar refractivity (Wildman–Crippen MR) is 110 cm³/mol. The van der Waals surface area contributed by atoms with E-state index in [1.54, 1.807) is 6.08 Å². The van der Waals surface area contributed by atoms with Gasteiger partial charge in [-0.3, -0.25) is 0 Å². The minimum absolute atomic E-state index is 0.395. The Hall–Kier alpha value is -2.93. The molecule has 0 nitrogen and oxygen atoms in total. The monoisotopic (exact) mass is 352 g/mol. The van der Waals surface area contributed by atoms with Gasteiger partial charge in [0.1, 0.15) is 0 Å². The van der Waals surface area contributed by atoms with Crippen LogP contribution in [0.2, 0.25) is 0 Å². The number of benzene rings is 2. The molecule has 0 fully saturated rings. The standard InChI is InChI=1S/C26H21F/c1-3-8-18-19-11-7-14-23(19)26(24(18)15-16-27)22-13-5-4-10-20(22)21-12-6-9-17(2)25(21)26/h3-13,15-16H,14H2,1-2H3/b8-3-,16-15-. The molecule has 0 N–H and O–H groups in total. The topological polar surface area (TPSA) is 0 Å². The molecule has 0 bridgehead atoms. The summed E-state index contributed by atoms with van der Waals surface area (Å²) in [5.74, 6) is 0. The van der Waals surface area contributed by atoms with E-state index in [-0.39, 0.29) is 0 Å². The fraction of sp³-hybridized carbons (Fsp3) is 0.154. The Morgan fingerprint density at radius 2 is 1.81 bits per heavy atom. The summed E-state index contributed by atoms with van der Waals surface area (Å²) in [5, 5.41) is 0. The van der Waals surface area contributed by atoms with Crippen molar-refractivity contribution in [2.45, 2.75) is 25.7 Å². The van der Waals surface area contributed by atoms with Gasteiger partial charge in [-0.2, -0.15) is 0 Å². The zero-order valence-corrected chi connectivity index (χ0v) is 15.6. The fourth-order valence-electron chi connectivity index (χ4n) is 5.41. The molecule has 5 rings (SSSR count). The van der Waals surface area contributed by atoms with Crippen LogP contribution >= 0.6 is 0 Å². The Balaban J connectivity index is 2.00. The second-order valence-corrected chi connectivity index (χ2v) is 7.41. The predicted octanol–water partition coefficient (Wildman–Crippen LogP) is 6.89. The smallest absolute Gasteiger partial charge is 0.0870 e. The van der Waals surface area contributed by atoms with Crippen LogP contribution in [0, 0.1) is 6.92 Å². The van der Waals surface area contributed by atoms with Crippen LogP contribution in [-0.2, 0) is 5.41 Å². The Kier molecular flexibility index (Phi) is 3.48. The van der Waals surface area contributed by atoms with E-state index in [0.717, 1.165) is 17.6 Å². The lowest BCUT2D eigenvalue weighted by Crippen LogP contribution is -2.28. The van der Waals surface area contributed by atoms with E-state index >= 15 is 0 Å². The molecule has 0 saturated carbocycles. The van der Waals surface area contributed by atoms with Crippen molar-refractivity contribution < 1.29 is 4.39 Å². The summed E-state index contributed by atoms with van der Waals surface area (Å²) in [5.41, 5.74) is 10.8. The van der Waals surface area contributed by atoms with E-state index in [9.17, 15) is 4.39 Å². The first-order chi connectivity index (χ1) is 13.2. The molecule has 27 heavy (non-hydrogen) atoms. The molecule has 0 aromatic heterocycles. The summed E-state index contributed by atoms with van der Waals surface area (Å²) in [6.07, 6.45) is 11.9. The van der Waals surface area contributed by atoms with Crippen molar-refractivity contribution >= 4 is 0 Å². The van der Waals surface area contributed by atoms with Gasteiger partial charge in [0, 0.05) is 0 Å². The molecule has 0 heterocycles. The molecule has 0 amide bonds. The van der Waals surface area contributed by atoms with Crippen LogP contribution in [0.5, 0.6) is 0 Å². The van der Waals surface area contributed by atoms with E-state index in [0.29, 0.717) is 6.33 Å². The Labute approximate surface area is 159 Å².